The van der Waals surface area contributed by atoms with Gasteiger partial charge in [0.2, 0.25) is 11.1 Å². The van der Waals surface area contributed by atoms with Crippen molar-refractivity contribution in [3.8, 4) is 5.69 Å². The van der Waals surface area contributed by atoms with E-state index < -0.39 is 0 Å². The molecule has 0 saturated heterocycles. The van der Waals surface area contributed by atoms with Crippen LogP contribution in [-0.2, 0) is 4.79 Å². The average Bonchev–Trinajstić information content (AvgIpc) is 3.11. The number of rotatable bonds is 6. The molecule has 1 amide bonds. The fourth-order valence-corrected chi connectivity index (χ4v) is 3.72. The minimum atomic E-state index is 0.0892. The number of hydrogen-bond acceptors (Lipinski definition) is 5. The highest BCUT2D eigenvalue weighted by Crippen LogP contribution is 2.24. The van der Waals surface area contributed by atoms with Gasteiger partial charge in [-0.3, -0.25) is 4.79 Å². The second-order valence-electron chi connectivity index (χ2n) is 5.72. The zero-order valence-electron chi connectivity index (χ0n) is 14.1. The van der Waals surface area contributed by atoms with Crippen LogP contribution in [0.5, 0.6) is 0 Å². The van der Waals surface area contributed by atoms with Crippen LogP contribution in [0.2, 0.25) is 5.02 Å². The number of amides is 1. The largest absolute Gasteiger partial charge is 0.316 e. The normalized spacial score (nSPS) is 14.2. The van der Waals surface area contributed by atoms with Crippen molar-refractivity contribution in [1.82, 2.24) is 25.1 Å². The van der Waals surface area contributed by atoms with Crippen LogP contribution >= 0.6 is 23.4 Å². The van der Waals surface area contributed by atoms with Gasteiger partial charge in [0.25, 0.3) is 0 Å². The van der Waals surface area contributed by atoms with E-state index in [1.165, 1.54) is 18.2 Å². The summed E-state index contributed by atoms with van der Waals surface area (Å²) in [6.07, 6.45) is 6.58. The summed E-state index contributed by atoms with van der Waals surface area (Å²) in [5.74, 6) is 0.394. The molecule has 25 heavy (non-hydrogen) atoms. The third-order valence-corrected chi connectivity index (χ3v) is 5.22. The maximum Gasteiger partial charge on any atom is 0.237 e. The monoisotopic (exact) mass is 377 g/mol. The van der Waals surface area contributed by atoms with Crippen LogP contribution < -0.4 is 0 Å². The molecule has 8 heteroatoms. The van der Waals surface area contributed by atoms with E-state index in [2.05, 4.69) is 21.6 Å². The van der Waals surface area contributed by atoms with E-state index in [9.17, 15) is 4.79 Å². The van der Waals surface area contributed by atoms with Crippen LogP contribution in [-0.4, -0.2) is 43.3 Å². The van der Waals surface area contributed by atoms with Crippen molar-refractivity contribution in [1.29, 1.82) is 0 Å². The van der Waals surface area contributed by atoms with Crippen molar-refractivity contribution >= 4 is 29.3 Å². The van der Waals surface area contributed by atoms with Crippen molar-refractivity contribution in [2.75, 3.05) is 12.3 Å². The molecule has 0 aliphatic heterocycles. The lowest BCUT2D eigenvalue weighted by molar-refractivity contribution is -0.126. The Kier molecular flexibility index (Phi) is 6.09. The minimum absolute atomic E-state index is 0.0892. The van der Waals surface area contributed by atoms with E-state index in [1.807, 2.05) is 24.0 Å². The van der Waals surface area contributed by atoms with Gasteiger partial charge < -0.3 is 4.90 Å². The number of benzene rings is 1. The fourth-order valence-electron chi connectivity index (χ4n) is 2.82. The number of thioether (sulfide) groups is 1. The van der Waals surface area contributed by atoms with Gasteiger partial charge in [0.05, 0.1) is 11.4 Å². The highest BCUT2D eigenvalue weighted by molar-refractivity contribution is 7.99. The number of nitrogens with zero attached hydrogens (tertiary/aromatic N) is 5. The number of carbonyl (C=O) groups is 1. The lowest BCUT2D eigenvalue weighted by atomic mass is 10.0. The molecule has 1 aliphatic rings. The van der Waals surface area contributed by atoms with Crippen molar-refractivity contribution in [2.24, 2.45) is 0 Å². The van der Waals surface area contributed by atoms with Crippen LogP contribution in [0.1, 0.15) is 32.6 Å². The Hall–Kier alpha value is -1.86. The molecule has 0 fully saturated rings. The van der Waals surface area contributed by atoms with Crippen molar-refractivity contribution in [3.05, 3.63) is 41.1 Å². The Labute approximate surface area is 156 Å². The standard InChI is InChI=1S/C17H20ClN5OS/c1-2-22(14-6-4-3-5-7-14)16(24)12-25-17-19-20-21-23(17)15-10-8-13(18)9-11-15/h6,8-11H,2-5,7,12H2,1H3. The summed E-state index contributed by atoms with van der Waals surface area (Å²) in [5.41, 5.74) is 1.96. The van der Waals surface area contributed by atoms with Crippen molar-refractivity contribution in [3.63, 3.8) is 0 Å². The third kappa shape index (κ3) is 4.41. The van der Waals surface area contributed by atoms with Crippen LogP contribution in [0.4, 0.5) is 0 Å². The maximum absolute atomic E-state index is 12.6. The zero-order chi connectivity index (χ0) is 17.6. The topological polar surface area (TPSA) is 63.9 Å². The Morgan fingerprint density at radius 3 is 2.80 bits per heavy atom. The summed E-state index contributed by atoms with van der Waals surface area (Å²) >= 11 is 7.26. The van der Waals surface area contributed by atoms with Gasteiger partial charge >= 0.3 is 0 Å². The van der Waals surface area contributed by atoms with Gasteiger partial charge in [-0.25, -0.2) is 0 Å². The highest BCUT2D eigenvalue weighted by Gasteiger charge is 2.19. The van der Waals surface area contributed by atoms with E-state index in [0.717, 1.165) is 30.6 Å². The predicted molar refractivity (Wildman–Crippen MR) is 98.8 cm³/mol. The first-order chi connectivity index (χ1) is 12.2. The minimum Gasteiger partial charge on any atom is -0.316 e. The summed E-state index contributed by atoms with van der Waals surface area (Å²) in [6, 6.07) is 7.25. The van der Waals surface area contributed by atoms with E-state index in [1.54, 1.807) is 16.8 Å². The summed E-state index contributed by atoms with van der Waals surface area (Å²) in [6.45, 7) is 2.70. The van der Waals surface area contributed by atoms with Crippen molar-refractivity contribution in [2.45, 2.75) is 37.8 Å². The highest BCUT2D eigenvalue weighted by atomic mass is 35.5. The third-order valence-electron chi connectivity index (χ3n) is 4.07. The Bertz CT molecular complexity index is 759. The van der Waals surface area contributed by atoms with Gasteiger partial charge in [-0.05, 0) is 67.3 Å². The number of tetrazole rings is 1. The van der Waals surface area contributed by atoms with Gasteiger partial charge in [0.15, 0.2) is 0 Å². The van der Waals surface area contributed by atoms with E-state index >= 15 is 0 Å². The SMILES string of the molecule is CCN(C(=O)CSc1nnnn1-c1ccc(Cl)cc1)C1=CCCCC1. The zero-order valence-corrected chi connectivity index (χ0v) is 15.6. The molecule has 0 N–H and O–H groups in total. The molecular formula is C17H20ClN5OS. The molecule has 0 spiro atoms. The van der Waals surface area contributed by atoms with Gasteiger partial charge in [0, 0.05) is 17.3 Å². The number of allylic oxidation sites excluding steroid dienone is 2. The second kappa shape index (κ2) is 8.49. The van der Waals surface area contributed by atoms with E-state index in [0.29, 0.717) is 22.5 Å². The number of aromatic nitrogens is 4. The summed E-state index contributed by atoms with van der Waals surface area (Å²) < 4.78 is 1.62. The van der Waals surface area contributed by atoms with Crippen molar-refractivity contribution < 1.29 is 4.79 Å². The molecule has 1 aromatic carbocycles. The van der Waals surface area contributed by atoms with E-state index in [-0.39, 0.29) is 5.91 Å². The predicted octanol–water partition coefficient (Wildman–Crippen LogP) is 3.71. The quantitative estimate of drug-likeness (QED) is 0.718. The van der Waals surface area contributed by atoms with E-state index in [4.69, 9.17) is 11.6 Å². The summed E-state index contributed by atoms with van der Waals surface area (Å²) in [7, 11) is 0. The molecule has 0 saturated carbocycles. The molecule has 0 bridgehead atoms. The van der Waals surface area contributed by atoms with Gasteiger partial charge in [-0.15, -0.1) is 5.10 Å². The molecule has 0 unspecified atom stereocenters. The van der Waals surface area contributed by atoms with Crippen LogP contribution in [0.25, 0.3) is 5.69 Å². The molecule has 0 radical (unpaired) electrons. The average molecular weight is 378 g/mol. The summed E-state index contributed by atoms with van der Waals surface area (Å²) in [4.78, 5) is 14.5. The van der Waals surface area contributed by atoms with Gasteiger partial charge in [-0.1, -0.05) is 29.4 Å². The molecule has 1 aliphatic carbocycles. The lowest BCUT2D eigenvalue weighted by Crippen LogP contribution is -2.32. The first-order valence-electron chi connectivity index (χ1n) is 8.35. The molecule has 2 aromatic rings. The number of hydrogen-bond donors (Lipinski definition) is 0. The first kappa shape index (κ1) is 17.9. The molecule has 3 rings (SSSR count). The molecule has 6 nitrogen and oxygen atoms in total. The Morgan fingerprint density at radius 2 is 2.12 bits per heavy atom. The molecular weight excluding hydrogens is 358 g/mol. The second-order valence-corrected chi connectivity index (χ2v) is 7.10. The first-order valence-corrected chi connectivity index (χ1v) is 9.72. The van der Waals surface area contributed by atoms with Crippen LogP contribution in [0.15, 0.2) is 41.2 Å². The molecule has 132 valence electrons. The van der Waals surface area contributed by atoms with Crippen LogP contribution in [0.3, 0.4) is 0 Å². The smallest absolute Gasteiger partial charge is 0.237 e. The lowest BCUT2D eigenvalue weighted by Gasteiger charge is -2.26. The number of carbonyl (C=O) groups excluding carboxylic acids is 1. The molecule has 1 aromatic heterocycles. The molecule has 0 atom stereocenters. The summed E-state index contributed by atoms with van der Waals surface area (Å²) in [5, 5.41) is 13.0. The maximum atomic E-state index is 12.6. The Balaban J connectivity index is 1.67. The van der Waals surface area contributed by atoms with Gasteiger partial charge in [-0.2, -0.15) is 4.68 Å². The van der Waals surface area contributed by atoms with Crippen LogP contribution in [0, 0.1) is 0 Å². The Morgan fingerprint density at radius 1 is 1.32 bits per heavy atom. The van der Waals surface area contributed by atoms with Gasteiger partial charge in [0.1, 0.15) is 0 Å². The molecule has 1 heterocycles. The fraction of sp³-hybridized carbons (Fsp3) is 0.412. The number of halogens is 1.